The third-order valence-electron chi connectivity index (χ3n) is 4.28. The van der Waals surface area contributed by atoms with Crippen LogP contribution in [0.5, 0.6) is 0 Å². The maximum Gasteiger partial charge on any atom is 0.0914 e. The third-order valence-corrected chi connectivity index (χ3v) is 4.28. The lowest BCUT2D eigenvalue weighted by atomic mass is 10.1. The van der Waals surface area contributed by atoms with Crippen molar-refractivity contribution < 1.29 is 0 Å². The highest BCUT2D eigenvalue weighted by Crippen LogP contribution is 2.27. The molecule has 0 amide bonds. The quantitative estimate of drug-likeness (QED) is 0.627. The number of hydrogen-bond donors (Lipinski definition) is 1. The van der Waals surface area contributed by atoms with Gasteiger partial charge in [0, 0.05) is 30.4 Å². The number of fused-ring (bicyclic) bond motifs is 1. The molecule has 0 bridgehead atoms. The second kappa shape index (κ2) is 9.49. The Morgan fingerprint density at radius 3 is 2.44 bits per heavy atom. The Hall–Kier alpha value is -1.98. The first-order valence-corrected chi connectivity index (χ1v) is 8.59. The number of hydrogen-bond acceptors (Lipinski definition) is 4. The van der Waals surface area contributed by atoms with Gasteiger partial charge in [-0.2, -0.15) is 0 Å². The first kappa shape index (κ1) is 19.3. The molecule has 0 unspecified atom stereocenters. The van der Waals surface area contributed by atoms with Crippen molar-refractivity contribution in [2.24, 2.45) is 0 Å². The van der Waals surface area contributed by atoms with Crippen LogP contribution in [0.1, 0.15) is 13.8 Å². The van der Waals surface area contributed by atoms with Crippen molar-refractivity contribution >= 4 is 33.6 Å². The molecular formula is C20H25BrN4. The van der Waals surface area contributed by atoms with Gasteiger partial charge in [-0.05, 0) is 37.4 Å². The second-order valence-corrected chi connectivity index (χ2v) is 5.74. The Morgan fingerprint density at radius 1 is 0.960 bits per heavy atom. The van der Waals surface area contributed by atoms with Crippen molar-refractivity contribution in [3.8, 4) is 11.4 Å². The molecule has 0 radical (unpaired) electrons. The molecule has 0 fully saturated rings. The van der Waals surface area contributed by atoms with Crippen LogP contribution in [-0.2, 0) is 0 Å². The lowest BCUT2D eigenvalue weighted by molar-refractivity contribution is 0.316. The predicted octanol–water partition coefficient (Wildman–Crippen LogP) is 4.63. The number of anilines is 1. The summed E-state index contributed by atoms with van der Waals surface area (Å²) < 4.78 is 0. The summed E-state index contributed by atoms with van der Waals surface area (Å²) in [6.45, 7) is 8.50. The maximum atomic E-state index is 4.77. The lowest BCUT2D eigenvalue weighted by Crippen LogP contribution is -2.28. The SMILES string of the molecule is Br.CCN(CC)CCNc1cc(-c2ccccn2)nc2ccccc12. The summed E-state index contributed by atoms with van der Waals surface area (Å²) in [5.74, 6) is 0. The zero-order valence-electron chi connectivity index (χ0n) is 14.8. The van der Waals surface area contributed by atoms with Gasteiger partial charge in [0.15, 0.2) is 0 Å². The number of likely N-dealkylation sites (N-methyl/N-ethyl adjacent to an activating group) is 1. The molecule has 0 aliphatic heterocycles. The molecule has 4 nitrogen and oxygen atoms in total. The van der Waals surface area contributed by atoms with Crippen LogP contribution in [0.4, 0.5) is 5.69 Å². The molecule has 1 N–H and O–H groups in total. The fourth-order valence-corrected chi connectivity index (χ4v) is 2.86. The van der Waals surface area contributed by atoms with E-state index in [-0.39, 0.29) is 17.0 Å². The Morgan fingerprint density at radius 2 is 1.72 bits per heavy atom. The fourth-order valence-electron chi connectivity index (χ4n) is 2.86. The summed E-state index contributed by atoms with van der Waals surface area (Å²) >= 11 is 0. The standard InChI is InChI=1S/C20H24N4.BrH/c1-3-24(4-2)14-13-22-19-15-20(18-11-7-8-12-21-18)23-17-10-6-5-9-16(17)19;/h5-12,15H,3-4,13-14H2,1-2H3,(H,22,23);1H. The molecule has 0 aliphatic carbocycles. The monoisotopic (exact) mass is 400 g/mol. The van der Waals surface area contributed by atoms with Crippen molar-refractivity contribution in [1.82, 2.24) is 14.9 Å². The van der Waals surface area contributed by atoms with Crippen LogP contribution in [0, 0.1) is 0 Å². The lowest BCUT2D eigenvalue weighted by Gasteiger charge is -2.19. The number of pyridine rings is 2. The van der Waals surface area contributed by atoms with E-state index >= 15 is 0 Å². The van der Waals surface area contributed by atoms with Crippen LogP contribution in [-0.4, -0.2) is 41.0 Å². The minimum absolute atomic E-state index is 0. The minimum atomic E-state index is 0. The number of benzene rings is 1. The highest BCUT2D eigenvalue weighted by atomic mass is 79.9. The van der Waals surface area contributed by atoms with Crippen molar-refractivity contribution in [1.29, 1.82) is 0 Å². The smallest absolute Gasteiger partial charge is 0.0914 e. The molecule has 2 heterocycles. The summed E-state index contributed by atoms with van der Waals surface area (Å²) in [5.41, 5.74) is 3.91. The first-order valence-electron chi connectivity index (χ1n) is 8.59. The van der Waals surface area contributed by atoms with E-state index in [2.05, 4.69) is 53.3 Å². The van der Waals surface area contributed by atoms with Crippen molar-refractivity contribution in [2.45, 2.75) is 13.8 Å². The van der Waals surface area contributed by atoms with Gasteiger partial charge < -0.3 is 10.2 Å². The van der Waals surface area contributed by atoms with Gasteiger partial charge in [-0.1, -0.05) is 38.1 Å². The van der Waals surface area contributed by atoms with Crippen LogP contribution in [0.15, 0.2) is 54.7 Å². The summed E-state index contributed by atoms with van der Waals surface area (Å²) in [5, 5.41) is 4.74. The normalized spacial score (nSPS) is 10.7. The van der Waals surface area contributed by atoms with E-state index in [1.165, 1.54) is 0 Å². The molecule has 2 aromatic heterocycles. The summed E-state index contributed by atoms with van der Waals surface area (Å²) in [6, 6.07) is 16.3. The second-order valence-electron chi connectivity index (χ2n) is 5.74. The number of para-hydroxylation sites is 1. The molecule has 1 aromatic carbocycles. The molecule has 132 valence electrons. The van der Waals surface area contributed by atoms with Gasteiger partial charge in [0.05, 0.1) is 16.9 Å². The zero-order valence-corrected chi connectivity index (χ0v) is 16.5. The molecule has 0 saturated heterocycles. The highest BCUT2D eigenvalue weighted by Gasteiger charge is 2.08. The maximum absolute atomic E-state index is 4.77. The molecule has 0 atom stereocenters. The van der Waals surface area contributed by atoms with Crippen LogP contribution in [0.2, 0.25) is 0 Å². The molecule has 0 spiro atoms. The fraction of sp³-hybridized carbons (Fsp3) is 0.300. The van der Waals surface area contributed by atoms with Gasteiger partial charge in [-0.3, -0.25) is 4.98 Å². The number of nitrogens with one attached hydrogen (secondary N) is 1. The average molecular weight is 401 g/mol. The molecule has 5 heteroatoms. The zero-order chi connectivity index (χ0) is 16.8. The van der Waals surface area contributed by atoms with E-state index in [0.717, 1.165) is 54.2 Å². The van der Waals surface area contributed by atoms with Gasteiger partial charge in [-0.15, -0.1) is 17.0 Å². The van der Waals surface area contributed by atoms with Crippen molar-refractivity contribution in [2.75, 3.05) is 31.5 Å². The number of rotatable bonds is 7. The molecule has 3 rings (SSSR count). The molecule has 3 aromatic rings. The van der Waals surface area contributed by atoms with Gasteiger partial charge >= 0.3 is 0 Å². The Balaban J connectivity index is 0.00000225. The van der Waals surface area contributed by atoms with E-state index in [1.54, 1.807) is 6.20 Å². The van der Waals surface area contributed by atoms with E-state index in [0.29, 0.717) is 0 Å². The first-order chi connectivity index (χ1) is 11.8. The number of halogens is 1. The van der Waals surface area contributed by atoms with E-state index in [4.69, 9.17) is 4.98 Å². The van der Waals surface area contributed by atoms with Crippen LogP contribution in [0.25, 0.3) is 22.3 Å². The van der Waals surface area contributed by atoms with Gasteiger partial charge in [0.2, 0.25) is 0 Å². The predicted molar refractivity (Wildman–Crippen MR) is 112 cm³/mol. The van der Waals surface area contributed by atoms with Gasteiger partial charge in [0.1, 0.15) is 0 Å². The van der Waals surface area contributed by atoms with Crippen LogP contribution >= 0.6 is 17.0 Å². The highest BCUT2D eigenvalue weighted by molar-refractivity contribution is 8.93. The van der Waals surface area contributed by atoms with Crippen molar-refractivity contribution in [3.63, 3.8) is 0 Å². The summed E-state index contributed by atoms with van der Waals surface area (Å²) in [7, 11) is 0. The molecule has 0 aliphatic rings. The molecule has 25 heavy (non-hydrogen) atoms. The van der Waals surface area contributed by atoms with Gasteiger partial charge in [-0.25, -0.2) is 4.98 Å². The van der Waals surface area contributed by atoms with E-state index in [9.17, 15) is 0 Å². The Labute approximate surface area is 160 Å². The van der Waals surface area contributed by atoms with Crippen LogP contribution in [0.3, 0.4) is 0 Å². The number of nitrogens with zero attached hydrogens (tertiary/aromatic N) is 3. The molecular weight excluding hydrogens is 376 g/mol. The minimum Gasteiger partial charge on any atom is -0.383 e. The van der Waals surface area contributed by atoms with Crippen LogP contribution < -0.4 is 5.32 Å². The Kier molecular flexibility index (Phi) is 7.34. The van der Waals surface area contributed by atoms with Gasteiger partial charge in [0.25, 0.3) is 0 Å². The average Bonchev–Trinajstić information content (AvgIpc) is 2.65. The molecule has 0 saturated carbocycles. The third kappa shape index (κ3) is 4.77. The van der Waals surface area contributed by atoms with Crippen molar-refractivity contribution in [3.05, 3.63) is 54.7 Å². The topological polar surface area (TPSA) is 41.0 Å². The number of aromatic nitrogens is 2. The van der Waals surface area contributed by atoms with E-state index in [1.807, 2.05) is 24.3 Å². The largest absolute Gasteiger partial charge is 0.383 e. The summed E-state index contributed by atoms with van der Waals surface area (Å²) in [6.07, 6.45) is 1.81. The van der Waals surface area contributed by atoms with E-state index < -0.39 is 0 Å². The Bertz CT molecular complexity index is 788. The summed E-state index contributed by atoms with van der Waals surface area (Å²) in [4.78, 5) is 11.6.